The lowest BCUT2D eigenvalue weighted by Gasteiger charge is -2.31. The van der Waals surface area contributed by atoms with Gasteiger partial charge in [-0.05, 0) is 25.8 Å². The second kappa shape index (κ2) is 6.50. The smallest absolute Gasteiger partial charge is 0.302 e. The molecule has 1 aromatic carbocycles. The summed E-state index contributed by atoms with van der Waals surface area (Å²) in [7, 11) is 0. The van der Waals surface area contributed by atoms with Crippen molar-refractivity contribution in [2.24, 2.45) is 5.41 Å². The van der Waals surface area contributed by atoms with Crippen molar-refractivity contribution in [3.8, 4) is 0 Å². The normalized spacial score (nSPS) is 12.8. The van der Waals surface area contributed by atoms with Crippen LogP contribution in [0.5, 0.6) is 0 Å². The van der Waals surface area contributed by atoms with E-state index in [1.165, 1.54) is 6.92 Å². The van der Waals surface area contributed by atoms with E-state index in [1.54, 1.807) is 0 Å². The topological polar surface area (TPSA) is 43.4 Å². The molecule has 3 nitrogen and oxygen atoms in total. The summed E-state index contributed by atoms with van der Waals surface area (Å²) in [6.45, 7) is 6.98. The Bertz CT molecular complexity index is 435. The van der Waals surface area contributed by atoms with E-state index >= 15 is 0 Å². The highest BCUT2D eigenvalue weighted by Crippen LogP contribution is 2.28. The zero-order valence-electron chi connectivity index (χ0n) is 12.1. The Kier molecular flexibility index (Phi) is 5.28. The summed E-state index contributed by atoms with van der Waals surface area (Å²) in [6.07, 6.45) is 0.625. The Morgan fingerprint density at radius 3 is 2.26 bits per heavy atom. The van der Waals surface area contributed by atoms with E-state index in [2.05, 4.69) is 0 Å². The van der Waals surface area contributed by atoms with Gasteiger partial charge >= 0.3 is 5.97 Å². The fourth-order valence-electron chi connectivity index (χ4n) is 2.13. The van der Waals surface area contributed by atoms with Crippen molar-refractivity contribution in [3.05, 3.63) is 35.9 Å². The van der Waals surface area contributed by atoms with E-state index in [1.807, 2.05) is 51.1 Å². The van der Waals surface area contributed by atoms with E-state index in [9.17, 15) is 9.59 Å². The van der Waals surface area contributed by atoms with Crippen LogP contribution in [0.3, 0.4) is 0 Å². The summed E-state index contributed by atoms with van der Waals surface area (Å²) in [4.78, 5) is 23.5. The lowest BCUT2D eigenvalue weighted by Crippen LogP contribution is -2.40. The minimum absolute atomic E-state index is 0.0896. The number of esters is 1. The van der Waals surface area contributed by atoms with Gasteiger partial charge in [0, 0.05) is 13.3 Å². The lowest BCUT2D eigenvalue weighted by atomic mass is 9.78. The molecule has 1 rings (SSSR count). The quantitative estimate of drug-likeness (QED) is 0.740. The summed E-state index contributed by atoms with van der Waals surface area (Å²) < 4.78 is 5.26. The van der Waals surface area contributed by atoms with E-state index < -0.39 is 5.41 Å². The zero-order chi connectivity index (χ0) is 14.5. The van der Waals surface area contributed by atoms with Crippen molar-refractivity contribution in [1.29, 1.82) is 0 Å². The fraction of sp³-hybridized carbons (Fsp3) is 0.500. The van der Waals surface area contributed by atoms with Crippen LogP contribution in [-0.2, 0) is 20.7 Å². The first-order valence-electron chi connectivity index (χ1n) is 6.62. The summed E-state index contributed by atoms with van der Waals surface area (Å²) in [6, 6.07) is 9.62. The van der Waals surface area contributed by atoms with Crippen LogP contribution in [0.2, 0.25) is 0 Å². The molecule has 0 bridgehead atoms. The molecule has 1 aromatic rings. The summed E-state index contributed by atoms with van der Waals surface area (Å²) in [5.41, 5.74) is 0.314. The van der Waals surface area contributed by atoms with Crippen molar-refractivity contribution in [2.75, 3.05) is 0 Å². The van der Waals surface area contributed by atoms with Crippen LogP contribution in [-0.4, -0.2) is 17.9 Å². The predicted molar refractivity (Wildman–Crippen MR) is 74.8 cm³/mol. The van der Waals surface area contributed by atoms with Crippen LogP contribution in [0.1, 0.15) is 39.7 Å². The zero-order valence-corrected chi connectivity index (χ0v) is 12.1. The molecule has 0 aromatic heterocycles. The first-order chi connectivity index (χ1) is 8.87. The van der Waals surface area contributed by atoms with Crippen molar-refractivity contribution in [3.63, 3.8) is 0 Å². The van der Waals surface area contributed by atoms with E-state index in [4.69, 9.17) is 4.74 Å². The van der Waals surface area contributed by atoms with Gasteiger partial charge in [-0.1, -0.05) is 37.3 Å². The van der Waals surface area contributed by atoms with Crippen molar-refractivity contribution in [2.45, 2.75) is 46.6 Å². The third kappa shape index (κ3) is 4.19. The van der Waals surface area contributed by atoms with Gasteiger partial charge in [-0.25, -0.2) is 0 Å². The molecular formula is C16H22O3. The maximum atomic E-state index is 12.4. The van der Waals surface area contributed by atoms with Gasteiger partial charge in [-0.15, -0.1) is 0 Å². The molecule has 19 heavy (non-hydrogen) atoms. The Balaban J connectivity index is 2.80. The summed E-state index contributed by atoms with van der Waals surface area (Å²) in [5, 5.41) is 0. The number of hydrogen-bond acceptors (Lipinski definition) is 3. The molecule has 0 aliphatic rings. The van der Waals surface area contributed by atoms with E-state index in [-0.39, 0.29) is 17.9 Å². The molecular weight excluding hydrogens is 240 g/mol. The van der Waals surface area contributed by atoms with Gasteiger partial charge in [0.15, 0.2) is 0 Å². The van der Waals surface area contributed by atoms with Gasteiger partial charge in [0.2, 0.25) is 0 Å². The Morgan fingerprint density at radius 1 is 1.21 bits per heavy atom. The average Bonchev–Trinajstić information content (AvgIpc) is 2.36. The number of hydrogen-bond donors (Lipinski definition) is 0. The molecule has 0 fully saturated rings. The highest BCUT2D eigenvalue weighted by Gasteiger charge is 2.37. The number of carbonyl (C=O) groups excluding carboxylic acids is 2. The van der Waals surface area contributed by atoms with Gasteiger partial charge in [0.25, 0.3) is 0 Å². The first kappa shape index (κ1) is 15.4. The Labute approximate surface area is 115 Å². The highest BCUT2D eigenvalue weighted by atomic mass is 16.5. The fourth-order valence-corrected chi connectivity index (χ4v) is 2.13. The molecule has 0 saturated heterocycles. The first-order valence-corrected chi connectivity index (χ1v) is 6.62. The van der Waals surface area contributed by atoms with E-state index in [0.717, 1.165) is 5.56 Å². The molecule has 0 aliphatic carbocycles. The van der Waals surface area contributed by atoms with Gasteiger partial charge in [-0.2, -0.15) is 0 Å². The van der Waals surface area contributed by atoms with Gasteiger partial charge in [-0.3, -0.25) is 9.59 Å². The lowest BCUT2D eigenvalue weighted by molar-refractivity contribution is -0.156. The number of carbonyl (C=O) groups is 2. The number of Topliss-reactive ketones (excluding diaryl/α,β-unsaturated/α-hetero) is 1. The van der Waals surface area contributed by atoms with Gasteiger partial charge < -0.3 is 4.74 Å². The molecule has 1 atom stereocenters. The van der Waals surface area contributed by atoms with Gasteiger partial charge in [0.05, 0.1) is 5.41 Å². The maximum Gasteiger partial charge on any atom is 0.302 e. The molecule has 0 N–H and O–H groups in total. The SMILES string of the molecule is CCC(OC(C)=O)C(C)(C)C(=O)Cc1ccccc1. The summed E-state index contributed by atoms with van der Waals surface area (Å²) >= 11 is 0. The van der Waals surface area contributed by atoms with Crippen LogP contribution < -0.4 is 0 Å². The van der Waals surface area contributed by atoms with Crippen LogP contribution in [0, 0.1) is 5.41 Å². The highest BCUT2D eigenvalue weighted by molar-refractivity contribution is 5.87. The molecule has 104 valence electrons. The van der Waals surface area contributed by atoms with Crippen LogP contribution in [0.4, 0.5) is 0 Å². The second-order valence-corrected chi connectivity index (χ2v) is 5.31. The number of ether oxygens (including phenoxy) is 1. The van der Waals surface area contributed by atoms with Crippen LogP contribution in [0.15, 0.2) is 30.3 Å². The molecule has 0 amide bonds. The largest absolute Gasteiger partial charge is 0.462 e. The minimum atomic E-state index is -0.670. The second-order valence-electron chi connectivity index (χ2n) is 5.31. The van der Waals surface area contributed by atoms with Crippen molar-refractivity contribution >= 4 is 11.8 Å². The van der Waals surface area contributed by atoms with Crippen molar-refractivity contribution in [1.82, 2.24) is 0 Å². The van der Waals surface area contributed by atoms with E-state index in [0.29, 0.717) is 12.8 Å². The van der Waals surface area contributed by atoms with Gasteiger partial charge in [0.1, 0.15) is 11.9 Å². The molecule has 0 saturated carbocycles. The molecule has 0 spiro atoms. The Hall–Kier alpha value is -1.64. The number of ketones is 1. The number of rotatable bonds is 6. The molecule has 0 heterocycles. The minimum Gasteiger partial charge on any atom is -0.462 e. The predicted octanol–water partition coefficient (Wildman–Crippen LogP) is 3.17. The Morgan fingerprint density at radius 2 is 1.79 bits per heavy atom. The third-order valence-electron chi connectivity index (χ3n) is 3.41. The molecule has 0 radical (unpaired) electrons. The molecule has 0 aliphatic heterocycles. The average molecular weight is 262 g/mol. The third-order valence-corrected chi connectivity index (χ3v) is 3.41. The standard InChI is InChI=1S/C16H22O3/c1-5-15(19-12(2)17)16(3,4)14(18)11-13-9-7-6-8-10-13/h6-10,15H,5,11H2,1-4H3. The van der Waals surface area contributed by atoms with Crippen LogP contribution in [0.25, 0.3) is 0 Å². The number of benzene rings is 1. The van der Waals surface area contributed by atoms with Crippen molar-refractivity contribution < 1.29 is 14.3 Å². The van der Waals surface area contributed by atoms with Crippen LogP contribution >= 0.6 is 0 Å². The molecule has 3 heteroatoms. The molecule has 1 unspecified atom stereocenters. The summed E-state index contributed by atoms with van der Waals surface area (Å²) in [5.74, 6) is -0.251. The monoisotopic (exact) mass is 262 g/mol. The maximum absolute atomic E-state index is 12.4.